The summed E-state index contributed by atoms with van der Waals surface area (Å²) in [5.74, 6) is 1.20. The number of amides is 2. The molecule has 1 aromatic rings. The van der Waals surface area contributed by atoms with Crippen LogP contribution in [0.15, 0.2) is 24.3 Å². The molecule has 4 heteroatoms. The highest BCUT2D eigenvalue weighted by atomic mass is 16.2. The van der Waals surface area contributed by atoms with Crippen LogP contribution in [0.3, 0.4) is 0 Å². The predicted molar refractivity (Wildman–Crippen MR) is 80.0 cm³/mol. The second kappa shape index (κ2) is 6.07. The number of rotatable bonds is 3. The minimum absolute atomic E-state index is 0.0229. The van der Waals surface area contributed by atoms with Crippen molar-refractivity contribution in [2.24, 2.45) is 11.8 Å². The normalized spacial score (nSPS) is 25.2. The van der Waals surface area contributed by atoms with Crippen LogP contribution in [0.1, 0.15) is 44.0 Å². The standard InChI is InChI=1S/C16H22N2O2/c1-10-4-9-15(11(10)2)18-16(20)17-14-7-5-13(6-8-14)12(3)19/h5-8,10-11,15H,4,9H2,1-3H3,(H2,17,18,20). The Morgan fingerprint density at radius 1 is 1.10 bits per heavy atom. The van der Waals surface area contributed by atoms with Gasteiger partial charge in [-0.3, -0.25) is 4.79 Å². The molecule has 2 amide bonds. The van der Waals surface area contributed by atoms with Crippen LogP contribution in [0.5, 0.6) is 0 Å². The molecule has 0 aromatic heterocycles. The maximum absolute atomic E-state index is 12.0. The summed E-state index contributed by atoms with van der Waals surface area (Å²) < 4.78 is 0. The van der Waals surface area contributed by atoms with E-state index in [9.17, 15) is 9.59 Å². The van der Waals surface area contributed by atoms with Crippen molar-refractivity contribution in [3.63, 3.8) is 0 Å². The van der Waals surface area contributed by atoms with Gasteiger partial charge in [0.25, 0.3) is 0 Å². The van der Waals surface area contributed by atoms with Crippen LogP contribution < -0.4 is 10.6 Å². The first-order valence-electron chi connectivity index (χ1n) is 7.16. The number of benzene rings is 1. The van der Waals surface area contributed by atoms with Gasteiger partial charge in [0.1, 0.15) is 0 Å². The Balaban J connectivity index is 1.90. The van der Waals surface area contributed by atoms with Gasteiger partial charge < -0.3 is 10.6 Å². The zero-order valence-corrected chi connectivity index (χ0v) is 12.3. The average molecular weight is 274 g/mol. The van der Waals surface area contributed by atoms with Crippen LogP contribution in [0.25, 0.3) is 0 Å². The number of carbonyl (C=O) groups excluding carboxylic acids is 2. The van der Waals surface area contributed by atoms with E-state index in [0.717, 1.165) is 6.42 Å². The molecule has 2 rings (SSSR count). The van der Waals surface area contributed by atoms with Gasteiger partial charge >= 0.3 is 6.03 Å². The highest BCUT2D eigenvalue weighted by Gasteiger charge is 2.30. The SMILES string of the molecule is CC(=O)c1ccc(NC(=O)NC2CCC(C)C2C)cc1. The van der Waals surface area contributed by atoms with Crippen molar-refractivity contribution in [2.45, 2.75) is 39.7 Å². The van der Waals surface area contributed by atoms with Gasteiger partial charge in [-0.1, -0.05) is 13.8 Å². The quantitative estimate of drug-likeness (QED) is 0.829. The summed E-state index contributed by atoms with van der Waals surface area (Å²) in [5.41, 5.74) is 1.35. The van der Waals surface area contributed by atoms with Gasteiger partial charge in [-0.25, -0.2) is 4.79 Å². The maximum Gasteiger partial charge on any atom is 0.319 e. The molecule has 1 aliphatic carbocycles. The summed E-state index contributed by atoms with van der Waals surface area (Å²) in [4.78, 5) is 23.1. The summed E-state index contributed by atoms with van der Waals surface area (Å²) in [5, 5.41) is 5.84. The third-order valence-electron chi connectivity index (χ3n) is 4.33. The smallest absolute Gasteiger partial charge is 0.319 e. The molecule has 1 aliphatic rings. The Bertz CT molecular complexity index is 496. The molecular weight excluding hydrogens is 252 g/mol. The molecule has 3 unspecified atom stereocenters. The molecule has 2 N–H and O–H groups in total. The molecule has 1 aromatic carbocycles. The van der Waals surface area contributed by atoms with E-state index >= 15 is 0 Å². The summed E-state index contributed by atoms with van der Waals surface area (Å²) >= 11 is 0. The van der Waals surface area contributed by atoms with Gasteiger partial charge in [-0.2, -0.15) is 0 Å². The molecule has 0 radical (unpaired) electrons. The topological polar surface area (TPSA) is 58.2 Å². The zero-order valence-electron chi connectivity index (χ0n) is 12.3. The lowest BCUT2D eigenvalue weighted by Crippen LogP contribution is -2.40. The highest BCUT2D eigenvalue weighted by Crippen LogP contribution is 2.31. The van der Waals surface area contributed by atoms with Crippen molar-refractivity contribution >= 4 is 17.5 Å². The van der Waals surface area contributed by atoms with Crippen molar-refractivity contribution in [3.8, 4) is 0 Å². The molecule has 0 bridgehead atoms. The van der Waals surface area contributed by atoms with E-state index < -0.39 is 0 Å². The van der Waals surface area contributed by atoms with Crippen molar-refractivity contribution in [2.75, 3.05) is 5.32 Å². The number of hydrogen-bond donors (Lipinski definition) is 2. The lowest BCUT2D eigenvalue weighted by molar-refractivity contribution is 0.101. The van der Waals surface area contributed by atoms with E-state index in [2.05, 4.69) is 24.5 Å². The predicted octanol–water partition coefficient (Wildman–Crippen LogP) is 3.45. The van der Waals surface area contributed by atoms with Crippen LogP contribution in [-0.4, -0.2) is 17.9 Å². The van der Waals surface area contributed by atoms with Gasteiger partial charge in [-0.15, -0.1) is 0 Å². The fourth-order valence-corrected chi connectivity index (χ4v) is 2.69. The van der Waals surface area contributed by atoms with E-state index in [1.165, 1.54) is 13.3 Å². The Morgan fingerprint density at radius 2 is 1.75 bits per heavy atom. The molecule has 0 saturated heterocycles. The van der Waals surface area contributed by atoms with E-state index in [-0.39, 0.29) is 17.9 Å². The van der Waals surface area contributed by atoms with Crippen molar-refractivity contribution in [1.82, 2.24) is 5.32 Å². The fourth-order valence-electron chi connectivity index (χ4n) is 2.69. The second-order valence-corrected chi connectivity index (χ2v) is 5.75. The minimum atomic E-state index is -0.175. The van der Waals surface area contributed by atoms with Gasteiger partial charge in [0, 0.05) is 17.3 Å². The van der Waals surface area contributed by atoms with E-state index in [4.69, 9.17) is 0 Å². The monoisotopic (exact) mass is 274 g/mol. The number of ketones is 1. The second-order valence-electron chi connectivity index (χ2n) is 5.75. The molecule has 1 saturated carbocycles. The third kappa shape index (κ3) is 3.38. The molecular formula is C16H22N2O2. The summed E-state index contributed by atoms with van der Waals surface area (Å²) in [6.07, 6.45) is 2.21. The molecule has 20 heavy (non-hydrogen) atoms. The Labute approximate surface area is 119 Å². The third-order valence-corrected chi connectivity index (χ3v) is 4.33. The van der Waals surface area contributed by atoms with Crippen LogP contribution in [0.4, 0.5) is 10.5 Å². The lowest BCUT2D eigenvalue weighted by atomic mass is 9.98. The molecule has 0 aliphatic heterocycles. The first-order valence-corrected chi connectivity index (χ1v) is 7.16. The highest BCUT2D eigenvalue weighted by molar-refractivity contribution is 5.95. The number of hydrogen-bond acceptors (Lipinski definition) is 2. The van der Waals surface area contributed by atoms with Crippen LogP contribution in [0.2, 0.25) is 0 Å². The summed E-state index contributed by atoms with van der Waals surface area (Å²) in [6, 6.07) is 7.01. The minimum Gasteiger partial charge on any atom is -0.335 e. The first kappa shape index (κ1) is 14.6. The van der Waals surface area contributed by atoms with Gasteiger partial charge in [0.15, 0.2) is 5.78 Å². The van der Waals surface area contributed by atoms with Crippen molar-refractivity contribution in [1.29, 1.82) is 0 Å². The first-order chi connectivity index (χ1) is 9.47. The molecule has 1 fully saturated rings. The lowest BCUT2D eigenvalue weighted by Gasteiger charge is -2.20. The largest absolute Gasteiger partial charge is 0.335 e. The van der Waals surface area contributed by atoms with Gasteiger partial charge in [0.2, 0.25) is 0 Å². The number of anilines is 1. The molecule has 3 atom stereocenters. The van der Waals surface area contributed by atoms with E-state index in [1.807, 2.05) is 0 Å². The van der Waals surface area contributed by atoms with Crippen molar-refractivity contribution in [3.05, 3.63) is 29.8 Å². The summed E-state index contributed by atoms with van der Waals surface area (Å²) in [7, 11) is 0. The van der Waals surface area contributed by atoms with Crippen molar-refractivity contribution < 1.29 is 9.59 Å². The molecule has 108 valence electrons. The van der Waals surface area contributed by atoms with E-state index in [0.29, 0.717) is 23.1 Å². The molecule has 0 heterocycles. The molecule has 4 nitrogen and oxygen atoms in total. The van der Waals surface area contributed by atoms with E-state index in [1.54, 1.807) is 24.3 Å². The number of carbonyl (C=O) groups is 2. The van der Waals surface area contributed by atoms with Crippen LogP contribution in [0, 0.1) is 11.8 Å². The Hall–Kier alpha value is -1.84. The Kier molecular flexibility index (Phi) is 4.42. The fraction of sp³-hybridized carbons (Fsp3) is 0.500. The van der Waals surface area contributed by atoms with Gasteiger partial charge in [-0.05, 0) is 55.9 Å². The average Bonchev–Trinajstić information content (AvgIpc) is 2.71. The zero-order chi connectivity index (χ0) is 14.7. The van der Waals surface area contributed by atoms with Crippen LogP contribution in [-0.2, 0) is 0 Å². The van der Waals surface area contributed by atoms with Gasteiger partial charge in [0.05, 0.1) is 0 Å². The number of Topliss-reactive ketones (excluding diaryl/α,β-unsaturated/α-hetero) is 1. The number of nitrogens with one attached hydrogen (secondary N) is 2. The van der Waals surface area contributed by atoms with Crippen LogP contribution >= 0.6 is 0 Å². The Morgan fingerprint density at radius 3 is 2.25 bits per heavy atom. The maximum atomic E-state index is 12.0. The summed E-state index contributed by atoms with van der Waals surface area (Å²) in [6.45, 7) is 5.94. The number of urea groups is 1. The molecule has 0 spiro atoms.